The lowest BCUT2D eigenvalue weighted by atomic mass is 9.96. The summed E-state index contributed by atoms with van der Waals surface area (Å²) in [5.41, 5.74) is 1.42. The molecule has 2 fully saturated rings. The zero-order chi connectivity index (χ0) is 17.5. The van der Waals surface area contributed by atoms with Crippen molar-refractivity contribution in [3.05, 3.63) is 35.9 Å². The lowest BCUT2D eigenvalue weighted by molar-refractivity contribution is -0.140. The lowest BCUT2D eigenvalue weighted by Gasteiger charge is -2.39. The molecule has 1 amide bonds. The van der Waals surface area contributed by atoms with Crippen molar-refractivity contribution in [3.63, 3.8) is 0 Å². The Hall–Kier alpha value is -1.39. The molecular formula is C21H32N2O2. The molecule has 2 saturated heterocycles. The van der Waals surface area contributed by atoms with Crippen LogP contribution in [0.3, 0.4) is 0 Å². The van der Waals surface area contributed by atoms with Gasteiger partial charge in [0.25, 0.3) is 0 Å². The van der Waals surface area contributed by atoms with Gasteiger partial charge in [0.05, 0.1) is 0 Å². The summed E-state index contributed by atoms with van der Waals surface area (Å²) in [5, 5.41) is 0. The second-order valence-corrected chi connectivity index (χ2v) is 7.52. The number of carbonyl (C=O) groups is 1. The van der Waals surface area contributed by atoms with Crippen LogP contribution in [-0.4, -0.2) is 61.6 Å². The summed E-state index contributed by atoms with van der Waals surface area (Å²) < 4.78 is 5.39. The van der Waals surface area contributed by atoms with Crippen LogP contribution in [0.1, 0.15) is 37.7 Å². The van der Waals surface area contributed by atoms with Gasteiger partial charge in [-0.1, -0.05) is 30.3 Å². The molecule has 0 aliphatic carbocycles. The van der Waals surface area contributed by atoms with Crippen LogP contribution in [0, 0.1) is 5.92 Å². The normalized spacial score (nSPS) is 22.7. The maximum atomic E-state index is 12.8. The third kappa shape index (κ3) is 5.29. The molecule has 4 nitrogen and oxygen atoms in total. The lowest BCUT2D eigenvalue weighted by Crippen LogP contribution is -2.50. The SMILES string of the molecule is CN(C(=O)C1CCOCC1)[C@H]1CCCN(CCCc2ccccc2)C1. The average Bonchev–Trinajstić information content (AvgIpc) is 2.68. The molecule has 0 unspecified atom stereocenters. The van der Waals surface area contributed by atoms with Gasteiger partial charge in [-0.2, -0.15) is 0 Å². The van der Waals surface area contributed by atoms with Gasteiger partial charge in [0.1, 0.15) is 0 Å². The highest BCUT2D eigenvalue weighted by Crippen LogP contribution is 2.22. The molecule has 25 heavy (non-hydrogen) atoms. The van der Waals surface area contributed by atoms with Crippen LogP contribution >= 0.6 is 0 Å². The fourth-order valence-corrected chi connectivity index (χ4v) is 4.11. The smallest absolute Gasteiger partial charge is 0.225 e. The molecule has 0 bridgehead atoms. The van der Waals surface area contributed by atoms with Gasteiger partial charge in [0.2, 0.25) is 5.91 Å². The van der Waals surface area contributed by atoms with Gasteiger partial charge in [-0.25, -0.2) is 0 Å². The molecule has 0 radical (unpaired) electrons. The van der Waals surface area contributed by atoms with E-state index in [-0.39, 0.29) is 5.92 Å². The van der Waals surface area contributed by atoms with Crippen molar-refractivity contribution < 1.29 is 9.53 Å². The first-order valence-corrected chi connectivity index (χ1v) is 9.85. The van der Waals surface area contributed by atoms with Crippen molar-refractivity contribution in [1.29, 1.82) is 0 Å². The third-order valence-corrected chi connectivity index (χ3v) is 5.73. The number of amides is 1. The summed E-state index contributed by atoms with van der Waals surface area (Å²) in [7, 11) is 2.01. The molecule has 1 aromatic carbocycles. The Balaban J connectivity index is 1.44. The number of rotatable bonds is 6. The van der Waals surface area contributed by atoms with Crippen LogP contribution in [0.25, 0.3) is 0 Å². The van der Waals surface area contributed by atoms with E-state index in [1.807, 2.05) is 11.9 Å². The number of carbonyl (C=O) groups excluding carboxylic acids is 1. The molecule has 1 atom stereocenters. The summed E-state index contributed by atoms with van der Waals surface area (Å²) in [6.07, 6.45) is 6.43. The number of nitrogens with zero attached hydrogens (tertiary/aromatic N) is 2. The Morgan fingerprint density at radius 3 is 2.72 bits per heavy atom. The van der Waals surface area contributed by atoms with Crippen LogP contribution in [0.15, 0.2) is 30.3 Å². The van der Waals surface area contributed by atoms with Crippen LogP contribution < -0.4 is 0 Å². The van der Waals surface area contributed by atoms with Crippen LogP contribution in [-0.2, 0) is 16.0 Å². The maximum absolute atomic E-state index is 12.8. The topological polar surface area (TPSA) is 32.8 Å². The molecule has 2 heterocycles. The van der Waals surface area contributed by atoms with E-state index in [0.29, 0.717) is 11.9 Å². The Labute approximate surface area is 152 Å². The van der Waals surface area contributed by atoms with Crippen molar-refractivity contribution >= 4 is 5.91 Å². The molecule has 0 spiro atoms. The average molecular weight is 344 g/mol. The van der Waals surface area contributed by atoms with Gasteiger partial charge in [0.15, 0.2) is 0 Å². The largest absolute Gasteiger partial charge is 0.381 e. The van der Waals surface area contributed by atoms with Crippen molar-refractivity contribution in [3.8, 4) is 0 Å². The molecule has 138 valence electrons. The minimum absolute atomic E-state index is 0.173. The van der Waals surface area contributed by atoms with Gasteiger partial charge < -0.3 is 14.5 Å². The predicted molar refractivity (Wildman–Crippen MR) is 101 cm³/mol. The van der Waals surface area contributed by atoms with Crippen LogP contribution in [0.2, 0.25) is 0 Å². The van der Waals surface area contributed by atoms with Crippen molar-refractivity contribution in [2.24, 2.45) is 5.92 Å². The monoisotopic (exact) mass is 344 g/mol. The zero-order valence-corrected chi connectivity index (χ0v) is 15.5. The molecular weight excluding hydrogens is 312 g/mol. The van der Waals surface area contributed by atoms with Crippen LogP contribution in [0.5, 0.6) is 0 Å². The Kier molecular flexibility index (Phi) is 6.88. The van der Waals surface area contributed by atoms with Gasteiger partial charge >= 0.3 is 0 Å². The highest BCUT2D eigenvalue weighted by atomic mass is 16.5. The number of hydrogen-bond donors (Lipinski definition) is 0. The summed E-state index contributed by atoms with van der Waals surface area (Å²) >= 11 is 0. The Morgan fingerprint density at radius 2 is 1.96 bits per heavy atom. The predicted octanol–water partition coefficient (Wildman–Crippen LogP) is 2.97. The van der Waals surface area contributed by atoms with Crippen molar-refractivity contribution in [1.82, 2.24) is 9.80 Å². The van der Waals surface area contributed by atoms with Crippen LogP contribution in [0.4, 0.5) is 0 Å². The highest BCUT2D eigenvalue weighted by Gasteiger charge is 2.30. The van der Waals surface area contributed by atoms with E-state index in [4.69, 9.17) is 4.74 Å². The first kappa shape index (κ1) is 18.4. The van der Waals surface area contributed by atoms with Gasteiger partial charge in [-0.15, -0.1) is 0 Å². The number of likely N-dealkylation sites (tertiary alicyclic amines) is 1. The summed E-state index contributed by atoms with van der Waals surface area (Å²) in [6, 6.07) is 11.1. The molecule has 0 N–H and O–H groups in total. The van der Waals surface area contributed by atoms with E-state index in [2.05, 4.69) is 35.2 Å². The second kappa shape index (κ2) is 9.35. The molecule has 1 aromatic rings. The summed E-state index contributed by atoms with van der Waals surface area (Å²) in [5.74, 6) is 0.506. The van der Waals surface area contributed by atoms with E-state index in [0.717, 1.165) is 52.0 Å². The third-order valence-electron chi connectivity index (χ3n) is 5.73. The molecule has 0 saturated carbocycles. The maximum Gasteiger partial charge on any atom is 0.225 e. The first-order valence-electron chi connectivity index (χ1n) is 9.85. The van der Waals surface area contributed by atoms with E-state index in [9.17, 15) is 4.79 Å². The molecule has 2 aliphatic rings. The molecule has 4 heteroatoms. The number of piperidine rings is 1. The number of aryl methyl sites for hydroxylation is 1. The number of benzene rings is 1. The quantitative estimate of drug-likeness (QED) is 0.795. The van der Waals surface area contributed by atoms with Crippen molar-refractivity contribution in [2.45, 2.75) is 44.6 Å². The molecule has 3 rings (SSSR count). The number of likely N-dealkylation sites (N-methyl/N-ethyl adjacent to an activating group) is 1. The van der Waals surface area contributed by atoms with Crippen molar-refractivity contribution in [2.75, 3.05) is 39.9 Å². The van der Waals surface area contributed by atoms with E-state index in [1.54, 1.807) is 0 Å². The summed E-state index contributed by atoms with van der Waals surface area (Å²) in [6.45, 7) is 4.80. The molecule has 2 aliphatic heterocycles. The van der Waals surface area contributed by atoms with E-state index < -0.39 is 0 Å². The minimum atomic E-state index is 0.173. The van der Waals surface area contributed by atoms with Gasteiger partial charge in [0, 0.05) is 38.8 Å². The van der Waals surface area contributed by atoms with Gasteiger partial charge in [-0.05, 0) is 57.2 Å². The standard InChI is InChI=1S/C21H32N2O2/c1-22(21(24)19-11-15-25-16-12-19)20-10-6-14-23(17-20)13-5-9-18-7-3-2-4-8-18/h2-4,7-8,19-20H,5-6,9-17H2,1H3/t20-/m0/s1. The first-order chi connectivity index (χ1) is 12.2. The summed E-state index contributed by atoms with van der Waals surface area (Å²) in [4.78, 5) is 17.3. The number of hydrogen-bond acceptors (Lipinski definition) is 3. The minimum Gasteiger partial charge on any atom is -0.381 e. The Morgan fingerprint density at radius 1 is 1.20 bits per heavy atom. The fraction of sp³-hybridized carbons (Fsp3) is 0.667. The van der Waals surface area contributed by atoms with E-state index in [1.165, 1.54) is 24.9 Å². The van der Waals surface area contributed by atoms with Gasteiger partial charge in [-0.3, -0.25) is 4.79 Å². The van der Waals surface area contributed by atoms with E-state index >= 15 is 0 Å². The zero-order valence-electron chi connectivity index (χ0n) is 15.5. The fourth-order valence-electron chi connectivity index (χ4n) is 4.11. The second-order valence-electron chi connectivity index (χ2n) is 7.52. The highest BCUT2D eigenvalue weighted by molar-refractivity contribution is 5.79. The molecule has 0 aromatic heterocycles. The Bertz CT molecular complexity index is 528. The number of ether oxygens (including phenoxy) is 1.